The Morgan fingerprint density at radius 3 is 2.47 bits per heavy atom. The van der Waals surface area contributed by atoms with Gasteiger partial charge in [-0.15, -0.1) is 0 Å². The van der Waals surface area contributed by atoms with E-state index in [0.717, 1.165) is 23.0 Å². The van der Waals surface area contributed by atoms with Crippen LogP contribution in [0.25, 0.3) is 0 Å². The first-order valence-corrected chi connectivity index (χ1v) is 7.25. The Morgan fingerprint density at radius 2 is 1.84 bits per heavy atom. The molecule has 0 saturated carbocycles. The highest BCUT2D eigenvalue weighted by molar-refractivity contribution is 9.10. The maximum Gasteiger partial charge on any atom is 0.129 e. The van der Waals surface area contributed by atoms with Crippen LogP contribution in [0.1, 0.15) is 30.5 Å². The summed E-state index contributed by atoms with van der Waals surface area (Å²) in [7, 11) is 0. The minimum absolute atomic E-state index is 0.128. The molecule has 0 amide bonds. The van der Waals surface area contributed by atoms with Gasteiger partial charge in [-0.05, 0) is 30.7 Å². The van der Waals surface area contributed by atoms with Crippen LogP contribution < -0.4 is 5.32 Å². The highest BCUT2D eigenvalue weighted by atomic mass is 79.9. The molecule has 0 aliphatic heterocycles. The quantitative estimate of drug-likeness (QED) is 0.843. The number of hydrogen-bond donors (Lipinski definition) is 1. The number of nitrogens with one attached hydrogen (secondary N) is 1. The molecule has 100 valence electrons. The average Bonchev–Trinajstić information content (AvgIpc) is 2.43. The van der Waals surface area contributed by atoms with Crippen molar-refractivity contribution in [2.75, 3.05) is 6.54 Å². The van der Waals surface area contributed by atoms with Crippen molar-refractivity contribution in [3.05, 3.63) is 69.9 Å². The molecule has 3 heteroatoms. The molecule has 0 heterocycles. The van der Waals surface area contributed by atoms with E-state index in [1.807, 2.05) is 36.4 Å². The molecule has 0 fully saturated rings. The van der Waals surface area contributed by atoms with Gasteiger partial charge in [0.05, 0.1) is 6.04 Å². The Morgan fingerprint density at radius 1 is 1.11 bits per heavy atom. The molecule has 1 nitrogen and oxygen atoms in total. The van der Waals surface area contributed by atoms with Crippen molar-refractivity contribution in [2.45, 2.75) is 19.4 Å². The first-order valence-electron chi connectivity index (χ1n) is 6.46. The van der Waals surface area contributed by atoms with E-state index >= 15 is 0 Å². The van der Waals surface area contributed by atoms with Gasteiger partial charge < -0.3 is 5.32 Å². The summed E-state index contributed by atoms with van der Waals surface area (Å²) >= 11 is 3.46. The summed E-state index contributed by atoms with van der Waals surface area (Å²) < 4.78 is 14.9. The minimum atomic E-state index is -0.188. The summed E-state index contributed by atoms with van der Waals surface area (Å²) in [5, 5.41) is 3.41. The lowest BCUT2D eigenvalue weighted by Crippen LogP contribution is -2.24. The van der Waals surface area contributed by atoms with Crippen LogP contribution in [0, 0.1) is 5.82 Å². The first kappa shape index (κ1) is 14.2. The third kappa shape index (κ3) is 3.43. The zero-order valence-electron chi connectivity index (χ0n) is 10.9. The summed E-state index contributed by atoms with van der Waals surface area (Å²) in [6.45, 7) is 2.95. The van der Waals surface area contributed by atoms with Crippen LogP contribution in [0.5, 0.6) is 0 Å². The molecule has 19 heavy (non-hydrogen) atoms. The van der Waals surface area contributed by atoms with E-state index in [1.54, 1.807) is 6.07 Å². The molecule has 0 bridgehead atoms. The Labute approximate surface area is 122 Å². The Bertz CT molecular complexity index is 507. The van der Waals surface area contributed by atoms with E-state index in [1.165, 1.54) is 6.07 Å². The van der Waals surface area contributed by atoms with Gasteiger partial charge in [0.1, 0.15) is 5.82 Å². The normalized spacial score (nSPS) is 12.4. The van der Waals surface area contributed by atoms with E-state index in [9.17, 15) is 4.39 Å². The summed E-state index contributed by atoms with van der Waals surface area (Å²) in [5.74, 6) is -0.188. The smallest absolute Gasteiger partial charge is 0.129 e. The van der Waals surface area contributed by atoms with E-state index in [2.05, 4.69) is 28.2 Å². The summed E-state index contributed by atoms with van der Waals surface area (Å²) in [5.41, 5.74) is 1.74. The van der Waals surface area contributed by atoms with E-state index in [0.29, 0.717) is 5.56 Å². The number of benzene rings is 2. The molecule has 0 spiro atoms. The second kappa shape index (κ2) is 6.83. The molecule has 0 aliphatic carbocycles. The monoisotopic (exact) mass is 321 g/mol. The third-order valence-corrected chi connectivity index (χ3v) is 3.71. The van der Waals surface area contributed by atoms with Crippen molar-refractivity contribution in [1.29, 1.82) is 0 Å². The minimum Gasteiger partial charge on any atom is -0.306 e. The van der Waals surface area contributed by atoms with Crippen molar-refractivity contribution in [1.82, 2.24) is 5.32 Å². The van der Waals surface area contributed by atoms with Crippen LogP contribution in [0.2, 0.25) is 0 Å². The van der Waals surface area contributed by atoms with Crippen LogP contribution in [-0.2, 0) is 0 Å². The fraction of sp³-hybridized carbons (Fsp3) is 0.250. The van der Waals surface area contributed by atoms with Gasteiger partial charge in [0.2, 0.25) is 0 Å². The molecule has 1 N–H and O–H groups in total. The van der Waals surface area contributed by atoms with E-state index in [-0.39, 0.29) is 11.9 Å². The molecule has 0 aliphatic rings. The van der Waals surface area contributed by atoms with Gasteiger partial charge in [0.25, 0.3) is 0 Å². The molecular formula is C16H17BrFN. The maximum atomic E-state index is 14.1. The zero-order chi connectivity index (χ0) is 13.7. The first-order chi connectivity index (χ1) is 9.24. The van der Waals surface area contributed by atoms with Crippen molar-refractivity contribution in [2.24, 2.45) is 0 Å². The second-order valence-electron chi connectivity index (χ2n) is 4.43. The average molecular weight is 322 g/mol. The number of hydrogen-bond acceptors (Lipinski definition) is 1. The van der Waals surface area contributed by atoms with Gasteiger partial charge in [-0.2, -0.15) is 0 Å². The third-order valence-electron chi connectivity index (χ3n) is 3.02. The lowest BCUT2D eigenvalue weighted by atomic mass is 9.98. The maximum absolute atomic E-state index is 14.1. The summed E-state index contributed by atoms with van der Waals surface area (Å²) in [6, 6.07) is 14.9. The van der Waals surface area contributed by atoms with Crippen LogP contribution >= 0.6 is 15.9 Å². The van der Waals surface area contributed by atoms with Gasteiger partial charge in [-0.25, -0.2) is 4.39 Å². The van der Waals surface area contributed by atoms with E-state index < -0.39 is 0 Å². The molecule has 0 aromatic heterocycles. The van der Waals surface area contributed by atoms with Crippen molar-refractivity contribution in [3.8, 4) is 0 Å². The van der Waals surface area contributed by atoms with Crippen LogP contribution in [0.3, 0.4) is 0 Å². The molecule has 2 aromatic carbocycles. The molecular weight excluding hydrogens is 305 g/mol. The van der Waals surface area contributed by atoms with Crippen molar-refractivity contribution in [3.63, 3.8) is 0 Å². The Balaban J connectivity index is 2.43. The fourth-order valence-corrected chi connectivity index (χ4v) is 2.68. The summed E-state index contributed by atoms with van der Waals surface area (Å²) in [4.78, 5) is 0. The van der Waals surface area contributed by atoms with Gasteiger partial charge in [0.15, 0.2) is 0 Å². The van der Waals surface area contributed by atoms with Gasteiger partial charge >= 0.3 is 0 Å². The predicted octanol–water partition coefficient (Wildman–Crippen LogP) is 4.68. The predicted molar refractivity (Wildman–Crippen MR) is 80.7 cm³/mol. The van der Waals surface area contributed by atoms with Gasteiger partial charge in [0, 0.05) is 10.0 Å². The van der Waals surface area contributed by atoms with Gasteiger partial charge in [-0.1, -0.05) is 59.3 Å². The van der Waals surface area contributed by atoms with E-state index in [4.69, 9.17) is 0 Å². The Hall–Kier alpha value is -1.19. The van der Waals surface area contributed by atoms with Gasteiger partial charge in [-0.3, -0.25) is 0 Å². The van der Waals surface area contributed by atoms with Crippen LogP contribution in [-0.4, -0.2) is 6.54 Å². The van der Waals surface area contributed by atoms with Crippen molar-refractivity contribution < 1.29 is 4.39 Å². The topological polar surface area (TPSA) is 12.0 Å². The SMILES string of the molecule is CCCNC(c1ccccc1)c1c(F)cccc1Br. The zero-order valence-corrected chi connectivity index (χ0v) is 12.5. The lowest BCUT2D eigenvalue weighted by molar-refractivity contribution is 0.544. The molecule has 0 radical (unpaired) electrons. The lowest BCUT2D eigenvalue weighted by Gasteiger charge is -2.21. The van der Waals surface area contributed by atoms with Crippen molar-refractivity contribution >= 4 is 15.9 Å². The highest BCUT2D eigenvalue weighted by Gasteiger charge is 2.19. The summed E-state index contributed by atoms with van der Waals surface area (Å²) in [6.07, 6.45) is 1.01. The molecule has 1 unspecified atom stereocenters. The largest absolute Gasteiger partial charge is 0.306 e. The molecule has 2 rings (SSSR count). The van der Waals surface area contributed by atoms with Crippen LogP contribution in [0.4, 0.5) is 4.39 Å². The standard InChI is InChI=1S/C16H17BrFN/c1-2-11-19-16(12-7-4-3-5-8-12)15-13(17)9-6-10-14(15)18/h3-10,16,19H,2,11H2,1H3. The molecule has 1 atom stereocenters. The second-order valence-corrected chi connectivity index (χ2v) is 5.29. The molecule has 0 saturated heterocycles. The Kier molecular flexibility index (Phi) is 5.11. The highest BCUT2D eigenvalue weighted by Crippen LogP contribution is 2.30. The number of rotatable bonds is 5. The number of halogens is 2. The molecule has 2 aromatic rings. The van der Waals surface area contributed by atoms with Crippen LogP contribution in [0.15, 0.2) is 53.0 Å². The fourth-order valence-electron chi connectivity index (χ4n) is 2.11.